The van der Waals surface area contributed by atoms with Crippen molar-refractivity contribution in [3.05, 3.63) is 59.1 Å². The second kappa shape index (κ2) is 4.90. The minimum atomic E-state index is -4.41. The first-order chi connectivity index (χ1) is 8.47. The van der Waals surface area contributed by atoms with Gasteiger partial charge in [-0.1, -0.05) is 23.7 Å². The third kappa shape index (κ3) is 2.96. The van der Waals surface area contributed by atoms with Crippen LogP contribution in [0, 0.1) is 6.07 Å². The first-order valence-corrected chi connectivity index (χ1v) is 5.35. The molecule has 0 amide bonds. The molecule has 0 aromatic heterocycles. The Balaban J connectivity index is 2.26. The highest BCUT2D eigenvalue weighted by Crippen LogP contribution is 2.36. The lowest BCUT2D eigenvalue weighted by Gasteiger charge is -2.10. The van der Waals surface area contributed by atoms with E-state index in [0.717, 1.165) is 12.1 Å². The lowest BCUT2D eigenvalue weighted by molar-refractivity contribution is -0.137. The molecule has 2 aromatic carbocycles. The van der Waals surface area contributed by atoms with Crippen LogP contribution in [-0.4, -0.2) is 0 Å². The van der Waals surface area contributed by atoms with Gasteiger partial charge < -0.3 is 4.74 Å². The predicted molar refractivity (Wildman–Crippen MR) is 61.8 cm³/mol. The molecule has 1 nitrogen and oxygen atoms in total. The minimum absolute atomic E-state index is 0.0855. The van der Waals surface area contributed by atoms with Crippen molar-refractivity contribution in [1.82, 2.24) is 0 Å². The summed E-state index contributed by atoms with van der Waals surface area (Å²) in [5.74, 6) is 0.659. The molecule has 0 heterocycles. The van der Waals surface area contributed by atoms with E-state index in [1.165, 1.54) is 6.07 Å². The maximum Gasteiger partial charge on any atom is 0.416 e. The van der Waals surface area contributed by atoms with Crippen LogP contribution in [0.25, 0.3) is 0 Å². The summed E-state index contributed by atoms with van der Waals surface area (Å²) < 4.78 is 42.6. The Labute approximate surface area is 107 Å². The molecule has 1 radical (unpaired) electrons. The molecule has 93 valence electrons. The van der Waals surface area contributed by atoms with Gasteiger partial charge in [-0.05, 0) is 36.4 Å². The fraction of sp³-hybridized carbons (Fsp3) is 0.0769. The molecule has 0 saturated carbocycles. The lowest BCUT2D eigenvalue weighted by Crippen LogP contribution is -2.04. The summed E-state index contributed by atoms with van der Waals surface area (Å²) in [6, 6.07) is 12.3. The van der Waals surface area contributed by atoms with E-state index in [0.29, 0.717) is 5.75 Å². The number of hydrogen-bond donors (Lipinski definition) is 0. The van der Waals surface area contributed by atoms with Gasteiger partial charge in [0.2, 0.25) is 0 Å². The van der Waals surface area contributed by atoms with Gasteiger partial charge in [0.25, 0.3) is 0 Å². The van der Waals surface area contributed by atoms with Crippen molar-refractivity contribution in [2.24, 2.45) is 0 Å². The summed E-state index contributed by atoms with van der Waals surface area (Å²) in [6.07, 6.45) is -4.41. The van der Waals surface area contributed by atoms with Crippen LogP contribution >= 0.6 is 11.6 Å². The summed E-state index contributed by atoms with van der Waals surface area (Å²) in [7, 11) is 0. The van der Waals surface area contributed by atoms with Crippen LogP contribution in [0.15, 0.2) is 42.5 Å². The van der Waals surface area contributed by atoms with Crippen molar-refractivity contribution in [2.75, 3.05) is 0 Å². The molecule has 0 N–H and O–H groups in total. The molecule has 0 aliphatic carbocycles. The number of halogens is 4. The second-order valence-corrected chi connectivity index (χ2v) is 3.89. The number of rotatable bonds is 2. The zero-order valence-corrected chi connectivity index (χ0v) is 9.72. The first kappa shape index (κ1) is 12.8. The van der Waals surface area contributed by atoms with Gasteiger partial charge in [-0.3, -0.25) is 0 Å². The molecule has 0 unspecified atom stereocenters. The van der Waals surface area contributed by atoms with E-state index in [1.54, 1.807) is 24.3 Å². The van der Waals surface area contributed by atoms with Gasteiger partial charge in [-0.15, -0.1) is 0 Å². The van der Waals surface area contributed by atoms with Crippen LogP contribution < -0.4 is 4.74 Å². The van der Waals surface area contributed by atoms with Crippen molar-refractivity contribution >= 4 is 11.6 Å². The van der Waals surface area contributed by atoms with Gasteiger partial charge in [0.15, 0.2) is 0 Å². The van der Waals surface area contributed by atoms with Gasteiger partial charge in [0, 0.05) is 0 Å². The minimum Gasteiger partial charge on any atom is -0.456 e. The predicted octanol–water partition coefficient (Wildman–Crippen LogP) is 4.95. The van der Waals surface area contributed by atoms with Crippen molar-refractivity contribution in [2.45, 2.75) is 6.18 Å². The number of benzene rings is 2. The highest BCUT2D eigenvalue weighted by molar-refractivity contribution is 6.32. The molecule has 0 bridgehead atoms. The van der Waals surface area contributed by atoms with Gasteiger partial charge in [0.05, 0.1) is 10.6 Å². The van der Waals surface area contributed by atoms with Crippen molar-refractivity contribution in [3.8, 4) is 11.5 Å². The van der Waals surface area contributed by atoms with Crippen molar-refractivity contribution in [1.29, 1.82) is 0 Å². The molecule has 2 rings (SSSR count). The normalized spacial score (nSPS) is 11.3. The topological polar surface area (TPSA) is 9.23 Å². The molecule has 0 fully saturated rings. The van der Waals surface area contributed by atoms with E-state index >= 15 is 0 Å². The molecule has 0 saturated heterocycles. The number of hydrogen-bond acceptors (Lipinski definition) is 1. The van der Waals surface area contributed by atoms with E-state index in [2.05, 4.69) is 6.07 Å². The van der Waals surface area contributed by atoms with E-state index in [-0.39, 0.29) is 10.8 Å². The summed E-state index contributed by atoms with van der Waals surface area (Å²) in [5, 5.41) is -0.0855. The van der Waals surface area contributed by atoms with Crippen LogP contribution in [-0.2, 0) is 6.18 Å². The summed E-state index contributed by atoms with van der Waals surface area (Å²) >= 11 is 5.75. The van der Waals surface area contributed by atoms with Crippen LogP contribution in [0.3, 0.4) is 0 Å². The Morgan fingerprint density at radius 2 is 1.72 bits per heavy atom. The Hall–Kier alpha value is -1.68. The third-order valence-electron chi connectivity index (χ3n) is 2.17. The van der Waals surface area contributed by atoms with Crippen LogP contribution in [0.4, 0.5) is 13.2 Å². The van der Waals surface area contributed by atoms with Crippen molar-refractivity contribution in [3.63, 3.8) is 0 Å². The van der Waals surface area contributed by atoms with E-state index in [4.69, 9.17) is 16.3 Å². The monoisotopic (exact) mass is 271 g/mol. The third-order valence-corrected chi connectivity index (χ3v) is 2.47. The largest absolute Gasteiger partial charge is 0.456 e. The SMILES string of the molecule is FC(F)(F)c1ccc(Oc2cc[c]cc2)c(Cl)c1. The Kier molecular flexibility index (Phi) is 3.48. The fourth-order valence-electron chi connectivity index (χ4n) is 1.33. The molecule has 2 aromatic rings. The van der Waals surface area contributed by atoms with E-state index in [9.17, 15) is 13.2 Å². The lowest BCUT2D eigenvalue weighted by atomic mass is 10.2. The van der Waals surface area contributed by atoms with Gasteiger partial charge >= 0.3 is 6.18 Å². The zero-order chi connectivity index (χ0) is 13.2. The number of ether oxygens (including phenoxy) is 1. The second-order valence-electron chi connectivity index (χ2n) is 3.48. The van der Waals surface area contributed by atoms with Gasteiger partial charge in [-0.25, -0.2) is 0 Å². The molecule has 18 heavy (non-hydrogen) atoms. The first-order valence-electron chi connectivity index (χ1n) is 4.97. The Bertz CT molecular complexity index is 538. The zero-order valence-electron chi connectivity index (χ0n) is 8.96. The fourth-order valence-corrected chi connectivity index (χ4v) is 1.55. The molecule has 0 aliphatic heterocycles. The van der Waals surface area contributed by atoms with E-state index < -0.39 is 11.7 Å². The molecular formula is C13H7ClF3O. The Morgan fingerprint density at radius 1 is 1.06 bits per heavy atom. The maximum atomic E-state index is 12.4. The average molecular weight is 272 g/mol. The quantitative estimate of drug-likeness (QED) is 0.751. The smallest absolute Gasteiger partial charge is 0.416 e. The molecule has 0 spiro atoms. The molecule has 0 aliphatic rings. The molecular weight excluding hydrogens is 265 g/mol. The highest BCUT2D eigenvalue weighted by atomic mass is 35.5. The summed E-state index contributed by atoms with van der Waals surface area (Å²) in [4.78, 5) is 0. The maximum absolute atomic E-state index is 12.4. The van der Waals surface area contributed by atoms with Crippen LogP contribution in [0.5, 0.6) is 11.5 Å². The standard InChI is InChI=1S/C13H7ClF3O/c14-11-8-9(13(15,16)17)6-7-12(11)18-10-4-2-1-3-5-10/h2-8H. The average Bonchev–Trinajstić information content (AvgIpc) is 2.32. The van der Waals surface area contributed by atoms with Gasteiger partial charge in [-0.2, -0.15) is 13.2 Å². The van der Waals surface area contributed by atoms with E-state index in [1.807, 2.05) is 0 Å². The van der Waals surface area contributed by atoms with Gasteiger partial charge in [0.1, 0.15) is 11.5 Å². The van der Waals surface area contributed by atoms with Crippen LogP contribution in [0.1, 0.15) is 5.56 Å². The highest BCUT2D eigenvalue weighted by Gasteiger charge is 2.31. The van der Waals surface area contributed by atoms with Crippen molar-refractivity contribution < 1.29 is 17.9 Å². The number of alkyl halides is 3. The molecule has 5 heteroatoms. The molecule has 0 atom stereocenters. The summed E-state index contributed by atoms with van der Waals surface area (Å²) in [5.41, 5.74) is -0.804. The van der Waals surface area contributed by atoms with Crippen LogP contribution in [0.2, 0.25) is 5.02 Å². The summed E-state index contributed by atoms with van der Waals surface area (Å²) in [6.45, 7) is 0. The Morgan fingerprint density at radius 3 is 2.28 bits per heavy atom.